The Morgan fingerprint density at radius 2 is 1.81 bits per heavy atom. The molecule has 1 aliphatic rings. The minimum atomic E-state index is -0.731. The molecule has 0 fully saturated rings. The van der Waals surface area contributed by atoms with E-state index in [2.05, 4.69) is 11.9 Å². The van der Waals surface area contributed by atoms with Gasteiger partial charge < -0.3 is 13.9 Å². The number of ether oxygens (including phenoxy) is 2. The first kappa shape index (κ1) is 24.6. The van der Waals surface area contributed by atoms with Crippen LogP contribution in [0, 0.1) is 6.92 Å². The first-order valence-corrected chi connectivity index (χ1v) is 12.7. The number of carbonyl (C=O) groups is 1. The van der Waals surface area contributed by atoms with Crippen LogP contribution in [-0.4, -0.2) is 24.6 Å². The zero-order valence-electron chi connectivity index (χ0n) is 21.3. The van der Waals surface area contributed by atoms with Crippen LogP contribution in [0.25, 0.3) is 11.0 Å². The quantitative estimate of drug-likeness (QED) is 0.255. The van der Waals surface area contributed by atoms with Gasteiger partial charge in [-0.3, -0.25) is 14.5 Å². The molecule has 0 spiro atoms. The number of fused-ring (bicyclic) bond motifs is 2. The normalized spacial score (nSPS) is 14.7. The number of pyridine rings is 1. The van der Waals surface area contributed by atoms with Crippen molar-refractivity contribution in [2.75, 3.05) is 18.6 Å². The van der Waals surface area contributed by atoms with Crippen molar-refractivity contribution < 1.29 is 18.7 Å². The Kier molecular flexibility index (Phi) is 6.95. The summed E-state index contributed by atoms with van der Waals surface area (Å²) in [4.78, 5) is 33.6. The second-order valence-electron chi connectivity index (χ2n) is 9.20. The third-order valence-electron chi connectivity index (χ3n) is 6.66. The Labute approximate surface area is 215 Å². The summed E-state index contributed by atoms with van der Waals surface area (Å²) in [6.45, 7) is 4.63. The number of unbranched alkanes of at least 4 members (excludes halogenated alkanes) is 3. The van der Waals surface area contributed by atoms with Crippen LogP contribution in [0.4, 0.5) is 5.82 Å². The van der Waals surface area contributed by atoms with Gasteiger partial charge in [0.1, 0.15) is 11.4 Å². The molecule has 2 aromatic carbocycles. The molecular formula is C30H30N2O5. The number of amides is 1. The molecule has 7 heteroatoms. The number of anilines is 1. The molecule has 1 unspecified atom stereocenters. The van der Waals surface area contributed by atoms with Gasteiger partial charge in [-0.1, -0.05) is 50.5 Å². The number of rotatable bonds is 9. The monoisotopic (exact) mass is 498 g/mol. The second-order valence-corrected chi connectivity index (χ2v) is 9.20. The first-order chi connectivity index (χ1) is 18.0. The van der Waals surface area contributed by atoms with Crippen LogP contribution in [0.3, 0.4) is 0 Å². The van der Waals surface area contributed by atoms with Gasteiger partial charge in [0.2, 0.25) is 5.76 Å². The number of methoxy groups -OCH3 is 1. The summed E-state index contributed by atoms with van der Waals surface area (Å²) in [5, 5.41) is 0.428. The number of para-hydroxylation sites is 1. The summed E-state index contributed by atoms with van der Waals surface area (Å²) >= 11 is 0. The summed E-state index contributed by atoms with van der Waals surface area (Å²) in [7, 11) is 1.58. The van der Waals surface area contributed by atoms with Gasteiger partial charge in [-0.15, -0.1) is 0 Å². The molecule has 0 aliphatic carbocycles. The van der Waals surface area contributed by atoms with E-state index in [-0.39, 0.29) is 11.2 Å². The summed E-state index contributed by atoms with van der Waals surface area (Å²) < 4.78 is 17.7. The number of nitrogens with zero attached hydrogens (tertiary/aromatic N) is 2. The molecule has 1 atom stereocenters. The summed E-state index contributed by atoms with van der Waals surface area (Å²) in [5.74, 6) is 1.23. The van der Waals surface area contributed by atoms with Crippen LogP contribution in [0.1, 0.15) is 66.0 Å². The van der Waals surface area contributed by atoms with Gasteiger partial charge in [-0.05, 0) is 55.3 Å². The average Bonchev–Trinajstić information content (AvgIpc) is 3.21. The summed E-state index contributed by atoms with van der Waals surface area (Å²) in [6, 6.07) is 17.2. The van der Waals surface area contributed by atoms with Gasteiger partial charge in [0, 0.05) is 5.69 Å². The molecule has 190 valence electrons. The molecule has 2 aromatic heterocycles. The largest absolute Gasteiger partial charge is 0.493 e. The average molecular weight is 499 g/mol. The predicted molar refractivity (Wildman–Crippen MR) is 143 cm³/mol. The number of aromatic nitrogens is 1. The Morgan fingerprint density at radius 1 is 0.973 bits per heavy atom. The molecule has 0 saturated heterocycles. The fourth-order valence-electron chi connectivity index (χ4n) is 4.82. The second kappa shape index (κ2) is 10.5. The van der Waals surface area contributed by atoms with Gasteiger partial charge >= 0.3 is 0 Å². The Bertz CT molecular complexity index is 1510. The highest BCUT2D eigenvalue weighted by atomic mass is 16.5. The number of hydrogen-bond acceptors (Lipinski definition) is 6. The minimum Gasteiger partial charge on any atom is -0.493 e. The Morgan fingerprint density at radius 3 is 2.59 bits per heavy atom. The maximum Gasteiger partial charge on any atom is 0.296 e. The topological polar surface area (TPSA) is 81.9 Å². The van der Waals surface area contributed by atoms with Crippen molar-refractivity contribution in [3.8, 4) is 11.5 Å². The van der Waals surface area contributed by atoms with Crippen molar-refractivity contribution in [2.45, 2.75) is 45.6 Å². The van der Waals surface area contributed by atoms with Crippen molar-refractivity contribution in [2.24, 2.45) is 0 Å². The van der Waals surface area contributed by atoms with E-state index in [1.54, 1.807) is 37.4 Å². The van der Waals surface area contributed by atoms with Crippen LogP contribution in [-0.2, 0) is 0 Å². The Balaban J connectivity index is 1.62. The lowest BCUT2D eigenvalue weighted by Crippen LogP contribution is -2.30. The van der Waals surface area contributed by atoms with Gasteiger partial charge in [-0.2, -0.15) is 0 Å². The number of benzene rings is 2. The number of aryl methyl sites for hydroxylation is 1. The van der Waals surface area contributed by atoms with E-state index in [0.29, 0.717) is 46.0 Å². The molecule has 1 aliphatic heterocycles. The van der Waals surface area contributed by atoms with Gasteiger partial charge in [0.05, 0.1) is 30.7 Å². The van der Waals surface area contributed by atoms with E-state index >= 15 is 0 Å². The van der Waals surface area contributed by atoms with Crippen LogP contribution >= 0.6 is 0 Å². The molecule has 0 N–H and O–H groups in total. The fraction of sp³-hybridized carbons (Fsp3) is 0.300. The lowest BCUT2D eigenvalue weighted by molar-refractivity contribution is 0.0970. The van der Waals surface area contributed by atoms with E-state index in [9.17, 15) is 9.59 Å². The van der Waals surface area contributed by atoms with E-state index in [4.69, 9.17) is 13.9 Å². The van der Waals surface area contributed by atoms with E-state index in [1.165, 1.54) is 11.3 Å². The molecule has 7 nitrogen and oxygen atoms in total. The lowest BCUT2D eigenvalue weighted by atomic mass is 9.98. The molecule has 0 saturated carbocycles. The zero-order valence-corrected chi connectivity index (χ0v) is 21.3. The molecule has 4 aromatic rings. The fourth-order valence-corrected chi connectivity index (χ4v) is 4.82. The van der Waals surface area contributed by atoms with Crippen LogP contribution in [0.2, 0.25) is 0 Å². The van der Waals surface area contributed by atoms with Crippen molar-refractivity contribution in [1.82, 2.24) is 4.98 Å². The maximum atomic E-state index is 13.7. The molecular weight excluding hydrogens is 468 g/mol. The first-order valence-electron chi connectivity index (χ1n) is 12.7. The molecule has 37 heavy (non-hydrogen) atoms. The third kappa shape index (κ3) is 4.57. The minimum absolute atomic E-state index is 0.0345. The zero-order chi connectivity index (χ0) is 25.9. The van der Waals surface area contributed by atoms with Gasteiger partial charge in [-0.25, -0.2) is 4.98 Å². The third-order valence-corrected chi connectivity index (χ3v) is 6.66. The van der Waals surface area contributed by atoms with Crippen molar-refractivity contribution in [1.29, 1.82) is 0 Å². The van der Waals surface area contributed by atoms with Crippen LogP contribution < -0.4 is 19.8 Å². The number of hydrogen-bond donors (Lipinski definition) is 0. The molecule has 3 heterocycles. The summed E-state index contributed by atoms with van der Waals surface area (Å²) in [6.07, 6.45) is 4.41. The van der Waals surface area contributed by atoms with Crippen LogP contribution in [0.5, 0.6) is 11.5 Å². The highest BCUT2D eigenvalue weighted by Gasteiger charge is 2.44. The summed E-state index contributed by atoms with van der Waals surface area (Å²) in [5.41, 5.74) is 1.90. The highest BCUT2D eigenvalue weighted by molar-refractivity contribution is 6.10. The number of carbonyl (C=O) groups excluding carboxylic acids is 1. The molecule has 1 amide bonds. The van der Waals surface area contributed by atoms with E-state index in [1.807, 2.05) is 37.3 Å². The maximum absolute atomic E-state index is 13.7. The molecule has 0 radical (unpaired) electrons. The van der Waals surface area contributed by atoms with Gasteiger partial charge in [0.15, 0.2) is 16.9 Å². The van der Waals surface area contributed by atoms with Crippen molar-refractivity contribution in [3.05, 3.63) is 93.5 Å². The highest BCUT2D eigenvalue weighted by Crippen LogP contribution is 2.42. The van der Waals surface area contributed by atoms with Crippen molar-refractivity contribution >= 4 is 22.7 Å². The standard InChI is InChI=1S/C30H30N2O5/c1-4-5-6-9-17-36-23-16-15-20(18-24(23)35-3)27-26-28(33)21-12-7-8-13-22(21)37-29(26)30(34)32(27)25-14-10-11-19(2)31-25/h7-8,10-16,18,27H,4-6,9,17H2,1-3H3. The SMILES string of the molecule is CCCCCCOc1ccc(C2c3c(oc4ccccc4c3=O)C(=O)N2c2cccc(C)n2)cc1OC. The van der Waals surface area contributed by atoms with Gasteiger partial charge in [0.25, 0.3) is 5.91 Å². The van der Waals surface area contributed by atoms with Crippen molar-refractivity contribution in [3.63, 3.8) is 0 Å². The predicted octanol–water partition coefficient (Wildman–Crippen LogP) is 6.21. The van der Waals surface area contributed by atoms with Crippen LogP contribution in [0.15, 0.2) is 69.9 Å². The molecule has 0 bridgehead atoms. The van der Waals surface area contributed by atoms with E-state index < -0.39 is 11.9 Å². The molecule has 5 rings (SSSR count). The smallest absolute Gasteiger partial charge is 0.296 e. The Hall–Kier alpha value is -4.13. The lowest BCUT2D eigenvalue weighted by Gasteiger charge is -2.25. The van der Waals surface area contributed by atoms with E-state index in [0.717, 1.165) is 25.0 Å².